The Labute approximate surface area is 89.5 Å². The van der Waals surface area contributed by atoms with Crippen molar-refractivity contribution in [2.75, 3.05) is 12.3 Å². The van der Waals surface area contributed by atoms with Gasteiger partial charge in [0.2, 0.25) is 0 Å². The van der Waals surface area contributed by atoms with E-state index < -0.39 is 0 Å². The summed E-state index contributed by atoms with van der Waals surface area (Å²) in [4.78, 5) is 11.6. The number of amides is 1. The highest BCUT2D eigenvalue weighted by atomic mass is 16.1. The zero-order valence-corrected chi connectivity index (χ0v) is 8.79. The summed E-state index contributed by atoms with van der Waals surface area (Å²) in [5.41, 5.74) is 6.72. The number of aryl methyl sites for hydroxylation is 1. The highest BCUT2D eigenvalue weighted by Crippen LogP contribution is 2.08. The molecule has 1 aromatic heterocycles. The smallest absolute Gasteiger partial charge is 0.267 e. The van der Waals surface area contributed by atoms with Gasteiger partial charge in [0.05, 0.1) is 5.69 Å². The molecule has 0 saturated carbocycles. The number of nitrogens with zero attached hydrogens (tertiary/aromatic N) is 1. The number of terminal acetylenes is 1. The van der Waals surface area contributed by atoms with Crippen molar-refractivity contribution in [2.24, 2.45) is 7.05 Å². The first kappa shape index (κ1) is 11.2. The van der Waals surface area contributed by atoms with Crippen LogP contribution in [0.1, 0.15) is 23.3 Å². The third-order valence-electron chi connectivity index (χ3n) is 2.04. The van der Waals surface area contributed by atoms with Crippen LogP contribution in [0.4, 0.5) is 5.69 Å². The van der Waals surface area contributed by atoms with Gasteiger partial charge in [0.15, 0.2) is 0 Å². The molecular weight excluding hydrogens is 190 g/mol. The predicted octanol–water partition coefficient (Wildman–Crippen LogP) is 0.750. The van der Waals surface area contributed by atoms with Crippen LogP contribution in [-0.4, -0.2) is 17.0 Å². The maximum Gasteiger partial charge on any atom is 0.267 e. The Morgan fingerprint density at radius 2 is 2.47 bits per heavy atom. The highest BCUT2D eigenvalue weighted by Gasteiger charge is 2.09. The number of carbonyl (C=O) groups excluding carboxylic acids is 1. The topological polar surface area (TPSA) is 60.1 Å². The van der Waals surface area contributed by atoms with Crippen LogP contribution in [0.25, 0.3) is 0 Å². The van der Waals surface area contributed by atoms with Crippen molar-refractivity contribution in [1.29, 1.82) is 0 Å². The second-order valence-electron chi connectivity index (χ2n) is 3.33. The number of aromatic nitrogens is 1. The van der Waals surface area contributed by atoms with E-state index in [2.05, 4.69) is 11.2 Å². The largest absolute Gasteiger partial charge is 0.397 e. The summed E-state index contributed by atoms with van der Waals surface area (Å²) in [5, 5.41) is 2.78. The summed E-state index contributed by atoms with van der Waals surface area (Å²) in [7, 11) is 1.78. The van der Waals surface area contributed by atoms with Crippen molar-refractivity contribution < 1.29 is 4.79 Å². The van der Waals surface area contributed by atoms with Gasteiger partial charge in [0.1, 0.15) is 5.69 Å². The van der Waals surface area contributed by atoms with E-state index in [-0.39, 0.29) is 5.91 Å². The quantitative estimate of drug-likeness (QED) is 0.563. The lowest BCUT2D eigenvalue weighted by Crippen LogP contribution is -2.26. The molecule has 80 valence electrons. The summed E-state index contributed by atoms with van der Waals surface area (Å²) in [5.74, 6) is 2.40. The molecule has 0 atom stereocenters. The predicted molar refractivity (Wildman–Crippen MR) is 60.2 cm³/mol. The first-order chi connectivity index (χ1) is 7.15. The van der Waals surface area contributed by atoms with Gasteiger partial charge in [0, 0.05) is 26.2 Å². The first-order valence-corrected chi connectivity index (χ1v) is 4.78. The van der Waals surface area contributed by atoms with E-state index in [0.717, 1.165) is 6.42 Å². The van der Waals surface area contributed by atoms with Crippen molar-refractivity contribution in [3.63, 3.8) is 0 Å². The molecule has 1 heterocycles. The molecule has 4 nitrogen and oxygen atoms in total. The monoisotopic (exact) mass is 205 g/mol. The molecule has 0 radical (unpaired) electrons. The Bertz CT molecular complexity index is 387. The molecule has 3 N–H and O–H groups in total. The Kier molecular flexibility index (Phi) is 3.81. The lowest BCUT2D eigenvalue weighted by Gasteiger charge is -2.04. The second-order valence-corrected chi connectivity index (χ2v) is 3.33. The van der Waals surface area contributed by atoms with Crippen molar-refractivity contribution in [3.05, 3.63) is 18.0 Å². The molecule has 1 rings (SSSR count). The van der Waals surface area contributed by atoms with Crippen LogP contribution in [0.15, 0.2) is 12.3 Å². The van der Waals surface area contributed by atoms with Gasteiger partial charge in [-0.05, 0) is 12.5 Å². The number of hydrogen-bond donors (Lipinski definition) is 2. The summed E-state index contributed by atoms with van der Waals surface area (Å²) in [6.45, 7) is 0.591. The molecule has 4 heteroatoms. The maximum absolute atomic E-state index is 11.6. The number of hydrogen-bond acceptors (Lipinski definition) is 2. The number of nitrogens with one attached hydrogen (secondary N) is 1. The zero-order valence-electron chi connectivity index (χ0n) is 8.79. The van der Waals surface area contributed by atoms with E-state index in [4.69, 9.17) is 12.2 Å². The maximum atomic E-state index is 11.6. The van der Waals surface area contributed by atoms with E-state index in [1.54, 1.807) is 23.9 Å². The molecule has 0 aliphatic carbocycles. The number of nitrogens with two attached hydrogens (primary N) is 1. The van der Waals surface area contributed by atoms with Gasteiger partial charge in [-0.25, -0.2) is 0 Å². The molecule has 0 aromatic carbocycles. The first-order valence-electron chi connectivity index (χ1n) is 4.78. The minimum absolute atomic E-state index is 0.119. The minimum Gasteiger partial charge on any atom is -0.397 e. The van der Waals surface area contributed by atoms with Gasteiger partial charge < -0.3 is 15.6 Å². The fraction of sp³-hybridized carbons (Fsp3) is 0.364. The van der Waals surface area contributed by atoms with Crippen LogP contribution in [-0.2, 0) is 7.05 Å². The zero-order chi connectivity index (χ0) is 11.3. The highest BCUT2D eigenvalue weighted by molar-refractivity contribution is 5.93. The summed E-state index contributed by atoms with van der Waals surface area (Å²) in [6, 6.07) is 1.65. The number of rotatable bonds is 4. The number of anilines is 1. The SMILES string of the molecule is C#CCCCNC(=O)c1cc(N)cn1C. The Morgan fingerprint density at radius 1 is 1.73 bits per heavy atom. The van der Waals surface area contributed by atoms with Crippen molar-refractivity contribution in [2.45, 2.75) is 12.8 Å². The number of unbranched alkanes of at least 4 members (excludes halogenated alkanes) is 1. The third kappa shape index (κ3) is 3.06. The van der Waals surface area contributed by atoms with Crippen LogP contribution < -0.4 is 11.1 Å². The van der Waals surface area contributed by atoms with Gasteiger partial charge in [-0.15, -0.1) is 12.3 Å². The second kappa shape index (κ2) is 5.11. The van der Waals surface area contributed by atoms with E-state index in [1.165, 1.54) is 0 Å². The van der Waals surface area contributed by atoms with Crippen molar-refractivity contribution >= 4 is 11.6 Å². The normalized spacial score (nSPS) is 9.60. The van der Waals surface area contributed by atoms with E-state index in [0.29, 0.717) is 24.3 Å². The molecule has 0 saturated heterocycles. The molecule has 1 aromatic rings. The van der Waals surface area contributed by atoms with Gasteiger partial charge in [0.25, 0.3) is 5.91 Å². The number of nitrogen functional groups attached to an aromatic ring is 1. The minimum atomic E-state index is -0.119. The molecule has 0 aliphatic heterocycles. The molecule has 1 amide bonds. The molecule has 0 fully saturated rings. The molecule has 0 aliphatic rings. The van der Waals surface area contributed by atoms with Gasteiger partial charge in [-0.1, -0.05) is 0 Å². The average molecular weight is 205 g/mol. The van der Waals surface area contributed by atoms with Crippen LogP contribution >= 0.6 is 0 Å². The molecular formula is C11H15N3O. The van der Waals surface area contributed by atoms with Crippen LogP contribution in [0.3, 0.4) is 0 Å². The van der Waals surface area contributed by atoms with Crippen LogP contribution in [0, 0.1) is 12.3 Å². The standard InChI is InChI=1S/C11H15N3O/c1-3-4-5-6-13-11(15)10-7-9(12)8-14(10)2/h1,7-8H,4-6,12H2,2H3,(H,13,15). The summed E-state index contributed by atoms with van der Waals surface area (Å²) < 4.78 is 1.70. The summed E-state index contributed by atoms with van der Waals surface area (Å²) >= 11 is 0. The molecule has 0 unspecified atom stereocenters. The fourth-order valence-corrected chi connectivity index (χ4v) is 1.30. The van der Waals surface area contributed by atoms with Gasteiger partial charge in [-0.2, -0.15) is 0 Å². The average Bonchev–Trinajstić information content (AvgIpc) is 2.52. The molecule has 0 spiro atoms. The van der Waals surface area contributed by atoms with E-state index in [1.807, 2.05) is 0 Å². The lowest BCUT2D eigenvalue weighted by atomic mass is 10.3. The molecule has 15 heavy (non-hydrogen) atoms. The van der Waals surface area contributed by atoms with E-state index >= 15 is 0 Å². The molecule has 0 bridgehead atoms. The lowest BCUT2D eigenvalue weighted by molar-refractivity contribution is 0.0945. The van der Waals surface area contributed by atoms with Crippen molar-refractivity contribution in [1.82, 2.24) is 9.88 Å². The Hall–Kier alpha value is -1.89. The fourth-order valence-electron chi connectivity index (χ4n) is 1.30. The Balaban J connectivity index is 2.48. The van der Waals surface area contributed by atoms with Gasteiger partial charge in [-0.3, -0.25) is 4.79 Å². The van der Waals surface area contributed by atoms with E-state index in [9.17, 15) is 4.79 Å². The number of carbonyl (C=O) groups is 1. The van der Waals surface area contributed by atoms with Gasteiger partial charge >= 0.3 is 0 Å². The third-order valence-corrected chi connectivity index (χ3v) is 2.04. The summed E-state index contributed by atoms with van der Waals surface area (Å²) in [6.07, 6.45) is 8.28. The van der Waals surface area contributed by atoms with Crippen LogP contribution in [0.5, 0.6) is 0 Å². The van der Waals surface area contributed by atoms with Crippen molar-refractivity contribution in [3.8, 4) is 12.3 Å². The van der Waals surface area contributed by atoms with Crippen LogP contribution in [0.2, 0.25) is 0 Å². The Morgan fingerprint density at radius 3 is 3.00 bits per heavy atom.